The van der Waals surface area contributed by atoms with E-state index in [1.54, 1.807) is 14.2 Å². The Kier molecular flexibility index (Phi) is 11.7. The largest absolute Gasteiger partial charge is 0.486 e. The van der Waals surface area contributed by atoms with Gasteiger partial charge in [-0.05, 0) is 24.1 Å². The van der Waals surface area contributed by atoms with E-state index in [1.165, 1.54) is 0 Å². The first-order valence-electron chi connectivity index (χ1n) is 8.34. The fourth-order valence-corrected chi connectivity index (χ4v) is 2.59. The Morgan fingerprint density at radius 3 is 2.77 bits per heavy atom. The molecule has 148 valence electrons. The Balaban J connectivity index is 0.00000338. The van der Waals surface area contributed by atoms with Crippen molar-refractivity contribution >= 4 is 41.5 Å². The van der Waals surface area contributed by atoms with Crippen molar-refractivity contribution in [1.82, 2.24) is 10.6 Å². The average Bonchev–Trinajstić information content (AvgIpc) is 2.63. The lowest BCUT2D eigenvalue weighted by Gasteiger charge is -2.20. The monoisotopic (exact) mass is 499 g/mol. The van der Waals surface area contributed by atoms with Gasteiger partial charge < -0.3 is 29.6 Å². The van der Waals surface area contributed by atoms with Gasteiger partial charge in [0.1, 0.15) is 13.2 Å². The van der Waals surface area contributed by atoms with E-state index in [1.807, 2.05) is 12.1 Å². The second-order valence-corrected chi connectivity index (χ2v) is 5.82. The molecule has 26 heavy (non-hydrogen) atoms. The summed E-state index contributed by atoms with van der Waals surface area (Å²) in [5.74, 6) is 2.03. The van der Waals surface area contributed by atoms with Gasteiger partial charge in [-0.1, -0.05) is 11.6 Å². The SMILES string of the molecule is CN=C(NCCCOCCOC)NCc1cc(Cl)c2c(c1)OCCO2.I. The maximum atomic E-state index is 6.25. The molecule has 0 radical (unpaired) electrons. The van der Waals surface area contributed by atoms with Crippen molar-refractivity contribution < 1.29 is 18.9 Å². The highest BCUT2D eigenvalue weighted by Crippen LogP contribution is 2.38. The van der Waals surface area contributed by atoms with E-state index in [2.05, 4.69) is 15.6 Å². The van der Waals surface area contributed by atoms with Gasteiger partial charge in [0.25, 0.3) is 0 Å². The summed E-state index contributed by atoms with van der Waals surface area (Å²) >= 11 is 6.25. The van der Waals surface area contributed by atoms with Crippen LogP contribution in [0.4, 0.5) is 0 Å². The van der Waals surface area contributed by atoms with Crippen molar-refractivity contribution in [3.05, 3.63) is 22.7 Å². The molecule has 0 unspecified atom stereocenters. The number of guanidine groups is 1. The molecule has 1 aliphatic rings. The Morgan fingerprint density at radius 1 is 1.19 bits per heavy atom. The van der Waals surface area contributed by atoms with Crippen molar-refractivity contribution in [2.45, 2.75) is 13.0 Å². The minimum Gasteiger partial charge on any atom is -0.486 e. The summed E-state index contributed by atoms with van der Waals surface area (Å²) in [6.45, 7) is 4.34. The number of ether oxygens (including phenoxy) is 4. The van der Waals surface area contributed by atoms with Gasteiger partial charge in [0, 0.05) is 33.9 Å². The fraction of sp³-hybridized carbons (Fsp3) is 0.588. The minimum absolute atomic E-state index is 0. The second-order valence-electron chi connectivity index (χ2n) is 5.41. The van der Waals surface area contributed by atoms with Crippen LogP contribution < -0.4 is 20.1 Å². The topological polar surface area (TPSA) is 73.3 Å². The predicted octanol–water partition coefficient (Wildman–Crippen LogP) is 2.45. The van der Waals surface area contributed by atoms with E-state index < -0.39 is 0 Å². The summed E-state index contributed by atoms with van der Waals surface area (Å²) in [7, 11) is 3.40. The van der Waals surface area contributed by atoms with Crippen LogP contribution in [0.1, 0.15) is 12.0 Å². The normalized spacial score (nSPS) is 13.1. The van der Waals surface area contributed by atoms with Crippen molar-refractivity contribution in [2.24, 2.45) is 4.99 Å². The Morgan fingerprint density at radius 2 is 2.00 bits per heavy atom. The molecule has 2 N–H and O–H groups in total. The Labute approximate surface area is 176 Å². The van der Waals surface area contributed by atoms with Crippen LogP contribution in [0.5, 0.6) is 11.5 Å². The molecular formula is C17H27ClIN3O4. The zero-order chi connectivity index (χ0) is 17.9. The van der Waals surface area contributed by atoms with Gasteiger partial charge in [-0.2, -0.15) is 0 Å². The Bertz CT molecular complexity index is 575. The molecule has 2 rings (SSSR count). The number of benzene rings is 1. The smallest absolute Gasteiger partial charge is 0.191 e. The zero-order valence-corrected chi connectivity index (χ0v) is 18.3. The number of fused-ring (bicyclic) bond motifs is 1. The van der Waals surface area contributed by atoms with Crippen molar-refractivity contribution in [1.29, 1.82) is 0 Å². The van der Waals surface area contributed by atoms with Gasteiger partial charge in [0.15, 0.2) is 17.5 Å². The zero-order valence-electron chi connectivity index (χ0n) is 15.2. The number of nitrogens with one attached hydrogen (secondary N) is 2. The molecular weight excluding hydrogens is 473 g/mol. The highest BCUT2D eigenvalue weighted by molar-refractivity contribution is 14.0. The number of aliphatic imine (C=N–C) groups is 1. The first-order chi connectivity index (χ1) is 12.2. The first kappa shape index (κ1) is 23.1. The van der Waals surface area contributed by atoms with Crippen molar-refractivity contribution in [3.63, 3.8) is 0 Å². The lowest BCUT2D eigenvalue weighted by Crippen LogP contribution is -2.37. The molecule has 0 bridgehead atoms. The third-order valence-electron chi connectivity index (χ3n) is 3.53. The molecule has 0 saturated carbocycles. The molecule has 0 spiro atoms. The van der Waals surface area contributed by atoms with E-state index in [-0.39, 0.29) is 24.0 Å². The quantitative estimate of drug-likeness (QED) is 0.235. The van der Waals surface area contributed by atoms with Gasteiger partial charge >= 0.3 is 0 Å². The van der Waals surface area contributed by atoms with Gasteiger partial charge in [0.2, 0.25) is 0 Å². The minimum atomic E-state index is 0. The van der Waals surface area contributed by atoms with Crippen LogP contribution >= 0.6 is 35.6 Å². The number of halogens is 2. The van der Waals surface area contributed by atoms with E-state index in [0.29, 0.717) is 56.1 Å². The van der Waals surface area contributed by atoms with E-state index >= 15 is 0 Å². The molecule has 0 aromatic heterocycles. The summed E-state index contributed by atoms with van der Waals surface area (Å²) in [6.07, 6.45) is 0.889. The molecule has 0 fully saturated rings. The van der Waals surface area contributed by atoms with Gasteiger partial charge in [-0.3, -0.25) is 4.99 Å². The molecule has 0 saturated heterocycles. The summed E-state index contributed by atoms with van der Waals surface area (Å²) in [4.78, 5) is 4.20. The van der Waals surface area contributed by atoms with Crippen molar-refractivity contribution in [2.75, 3.05) is 53.7 Å². The summed E-state index contributed by atoms with van der Waals surface area (Å²) < 4.78 is 21.5. The molecule has 0 amide bonds. The Hall–Kier alpha value is -0.970. The second kappa shape index (κ2) is 13.2. The summed E-state index contributed by atoms with van der Waals surface area (Å²) in [6, 6.07) is 3.81. The van der Waals surface area contributed by atoms with Gasteiger partial charge in [-0.15, -0.1) is 24.0 Å². The molecule has 1 aromatic carbocycles. The first-order valence-corrected chi connectivity index (χ1v) is 8.71. The third-order valence-corrected chi connectivity index (χ3v) is 3.81. The van der Waals surface area contributed by atoms with E-state index in [0.717, 1.165) is 24.5 Å². The van der Waals surface area contributed by atoms with Crippen molar-refractivity contribution in [3.8, 4) is 11.5 Å². The molecule has 0 atom stereocenters. The van der Waals surface area contributed by atoms with E-state index in [9.17, 15) is 0 Å². The molecule has 0 aliphatic carbocycles. The average molecular weight is 500 g/mol. The van der Waals surface area contributed by atoms with Crippen LogP contribution in [-0.2, 0) is 16.0 Å². The van der Waals surface area contributed by atoms with Gasteiger partial charge in [0.05, 0.1) is 18.2 Å². The number of rotatable bonds is 9. The maximum absolute atomic E-state index is 6.25. The number of methoxy groups -OCH3 is 1. The standard InChI is InChI=1S/C17H26ClN3O4.HI/c1-19-17(20-4-3-5-23-7-6-22-2)21-12-13-10-14(18)16-15(11-13)24-8-9-25-16;/h10-11H,3-9,12H2,1-2H3,(H2,19,20,21);1H. The fourth-order valence-electron chi connectivity index (χ4n) is 2.30. The van der Waals surface area contributed by atoms with Crippen LogP contribution in [0.25, 0.3) is 0 Å². The highest BCUT2D eigenvalue weighted by Gasteiger charge is 2.16. The number of hydrogen-bond donors (Lipinski definition) is 2. The number of hydrogen-bond acceptors (Lipinski definition) is 5. The lowest BCUT2D eigenvalue weighted by atomic mass is 10.2. The molecule has 1 aromatic rings. The van der Waals surface area contributed by atoms with Crippen LogP contribution in [0.2, 0.25) is 5.02 Å². The van der Waals surface area contributed by atoms with Crippen LogP contribution in [0.3, 0.4) is 0 Å². The molecule has 1 heterocycles. The van der Waals surface area contributed by atoms with E-state index in [4.69, 9.17) is 30.5 Å². The molecule has 9 heteroatoms. The van der Waals surface area contributed by atoms with Crippen LogP contribution in [0, 0.1) is 0 Å². The summed E-state index contributed by atoms with van der Waals surface area (Å²) in [5, 5.41) is 7.06. The maximum Gasteiger partial charge on any atom is 0.191 e. The third kappa shape index (κ3) is 7.73. The number of nitrogens with zero attached hydrogens (tertiary/aromatic N) is 1. The summed E-state index contributed by atoms with van der Waals surface area (Å²) in [5.41, 5.74) is 1.00. The molecule has 1 aliphatic heterocycles. The highest BCUT2D eigenvalue weighted by atomic mass is 127. The van der Waals surface area contributed by atoms with Crippen LogP contribution in [-0.4, -0.2) is 59.7 Å². The van der Waals surface area contributed by atoms with Gasteiger partial charge in [-0.25, -0.2) is 0 Å². The lowest BCUT2D eigenvalue weighted by molar-refractivity contribution is 0.0698. The molecule has 7 nitrogen and oxygen atoms in total. The predicted molar refractivity (Wildman–Crippen MR) is 113 cm³/mol. The van der Waals surface area contributed by atoms with Crippen LogP contribution in [0.15, 0.2) is 17.1 Å².